The van der Waals surface area contributed by atoms with E-state index in [0.29, 0.717) is 34.2 Å². The van der Waals surface area contributed by atoms with Crippen molar-refractivity contribution in [3.63, 3.8) is 0 Å². The summed E-state index contributed by atoms with van der Waals surface area (Å²) in [6.45, 7) is 7.07. The molecule has 1 aromatic heterocycles. The molecule has 2 rings (SSSR count). The molecule has 2 aromatic rings. The quantitative estimate of drug-likeness (QED) is 0.826. The predicted molar refractivity (Wildman–Crippen MR) is 71.0 cm³/mol. The number of hydrogen-bond acceptors (Lipinski definition) is 1. The fourth-order valence-corrected chi connectivity index (χ4v) is 2.11. The van der Waals surface area contributed by atoms with Crippen LogP contribution in [0.25, 0.3) is 11.0 Å². The average molecular weight is 270 g/mol. The second-order valence-electron chi connectivity index (χ2n) is 5.05. The standard InChI is InChI=1S/C13H16F2N2S/c1-7(2)8(3)6-17-12-5-10(15)9(14)4-11(12)16-13(17)18/h4-5,7-8H,6H2,1-3H3,(H,16,18). The molecular weight excluding hydrogens is 254 g/mol. The summed E-state index contributed by atoms with van der Waals surface area (Å²) in [4.78, 5) is 2.91. The van der Waals surface area contributed by atoms with Gasteiger partial charge < -0.3 is 9.55 Å². The molecule has 1 unspecified atom stereocenters. The van der Waals surface area contributed by atoms with Gasteiger partial charge in [0, 0.05) is 18.7 Å². The Morgan fingerprint density at radius 3 is 2.44 bits per heavy atom. The van der Waals surface area contributed by atoms with Crippen LogP contribution in [-0.4, -0.2) is 9.55 Å². The number of imidazole rings is 1. The molecule has 0 radical (unpaired) electrons. The van der Waals surface area contributed by atoms with Gasteiger partial charge in [0.25, 0.3) is 0 Å². The third-order valence-electron chi connectivity index (χ3n) is 3.42. The number of rotatable bonds is 3. The minimum atomic E-state index is -0.859. The molecule has 1 atom stereocenters. The molecule has 0 saturated carbocycles. The second-order valence-corrected chi connectivity index (χ2v) is 5.43. The van der Waals surface area contributed by atoms with Gasteiger partial charge in [-0.25, -0.2) is 8.78 Å². The van der Waals surface area contributed by atoms with E-state index >= 15 is 0 Å². The topological polar surface area (TPSA) is 20.7 Å². The Bertz CT molecular complexity index is 628. The van der Waals surface area contributed by atoms with Gasteiger partial charge in [-0.3, -0.25) is 0 Å². The smallest absolute Gasteiger partial charge is 0.178 e. The second kappa shape index (κ2) is 4.80. The number of fused-ring (bicyclic) bond motifs is 1. The van der Waals surface area contributed by atoms with Crippen LogP contribution in [0.1, 0.15) is 20.8 Å². The van der Waals surface area contributed by atoms with Crippen molar-refractivity contribution in [1.29, 1.82) is 0 Å². The maximum Gasteiger partial charge on any atom is 0.178 e. The molecule has 0 spiro atoms. The van der Waals surface area contributed by atoms with Crippen LogP contribution in [0, 0.1) is 28.2 Å². The Morgan fingerprint density at radius 2 is 1.83 bits per heavy atom. The summed E-state index contributed by atoms with van der Waals surface area (Å²) in [5.41, 5.74) is 1.15. The van der Waals surface area contributed by atoms with Gasteiger partial charge in [0.2, 0.25) is 0 Å². The number of nitrogens with one attached hydrogen (secondary N) is 1. The maximum atomic E-state index is 13.3. The molecule has 0 fully saturated rings. The van der Waals surface area contributed by atoms with Crippen molar-refractivity contribution in [3.05, 3.63) is 28.5 Å². The average Bonchev–Trinajstić information content (AvgIpc) is 2.56. The van der Waals surface area contributed by atoms with Gasteiger partial charge in [-0.1, -0.05) is 20.8 Å². The van der Waals surface area contributed by atoms with Crippen molar-refractivity contribution in [2.24, 2.45) is 11.8 Å². The van der Waals surface area contributed by atoms with Gasteiger partial charge in [-0.05, 0) is 24.1 Å². The number of nitrogens with zero attached hydrogens (tertiary/aromatic N) is 1. The first-order valence-electron chi connectivity index (χ1n) is 5.97. The van der Waals surface area contributed by atoms with Crippen LogP contribution in [0.15, 0.2) is 12.1 Å². The molecule has 0 aliphatic carbocycles. The fourth-order valence-electron chi connectivity index (χ4n) is 1.83. The van der Waals surface area contributed by atoms with Gasteiger partial charge in [0.15, 0.2) is 16.4 Å². The van der Waals surface area contributed by atoms with Crippen molar-refractivity contribution < 1.29 is 8.78 Å². The van der Waals surface area contributed by atoms with Crippen LogP contribution < -0.4 is 0 Å². The van der Waals surface area contributed by atoms with Crippen LogP contribution in [0.2, 0.25) is 0 Å². The van der Waals surface area contributed by atoms with E-state index in [0.717, 1.165) is 6.07 Å². The lowest BCUT2D eigenvalue weighted by atomic mass is 9.98. The molecule has 18 heavy (non-hydrogen) atoms. The Kier molecular flexibility index (Phi) is 3.52. The molecule has 1 heterocycles. The highest BCUT2D eigenvalue weighted by atomic mass is 32.1. The zero-order valence-corrected chi connectivity index (χ0v) is 11.4. The summed E-state index contributed by atoms with van der Waals surface area (Å²) in [6, 6.07) is 2.35. The molecule has 1 aromatic carbocycles. The first-order valence-corrected chi connectivity index (χ1v) is 6.38. The Hall–Kier alpha value is -1.23. The van der Waals surface area contributed by atoms with Crippen molar-refractivity contribution >= 4 is 23.3 Å². The normalized spacial score (nSPS) is 13.4. The van der Waals surface area contributed by atoms with Crippen LogP contribution in [0.4, 0.5) is 8.78 Å². The number of benzene rings is 1. The first-order chi connectivity index (χ1) is 8.40. The van der Waals surface area contributed by atoms with Crippen LogP contribution in [0.5, 0.6) is 0 Å². The van der Waals surface area contributed by atoms with Crippen LogP contribution >= 0.6 is 12.2 Å². The number of aromatic nitrogens is 2. The number of aromatic amines is 1. The highest BCUT2D eigenvalue weighted by molar-refractivity contribution is 7.71. The van der Waals surface area contributed by atoms with Gasteiger partial charge in [0.1, 0.15) is 0 Å². The monoisotopic (exact) mass is 270 g/mol. The zero-order valence-electron chi connectivity index (χ0n) is 10.6. The molecule has 0 aliphatic heterocycles. The van der Waals surface area contributed by atoms with Gasteiger partial charge >= 0.3 is 0 Å². The molecular formula is C13H16F2N2S. The SMILES string of the molecule is CC(C)C(C)Cn1c(=S)[nH]c2cc(F)c(F)cc21. The Balaban J connectivity index is 2.53. The van der Waals surface area contributed by atoms with Crippen molar-refractivity contribution in [2.45, 2.75) is 27.3 Å². The summed E-state index contributed by atoms with van der Waals surface area (Å²) in [5.74, 6) is -0.795. The van der Waals surface area contributed by atoms with E-state index in [1.807, 2.05) is 4.57 Å². The summed E-state index contributed by atoms with van der Waals surface area (Å²) in [7, 11) is 0. The molecule has 0 amide bonds. The summed E-state index contributed by atoms with van der Waals surface area (Å²) >= 11 is 5.21. The van der Waals surface area contributed by atoms with Gasteiger partial charge in [-0.2, -0.15) is 0 Å². The van der Waals surface area contributed by atoms with Crippen LogP contribution in [-0.2, 0) is 6.54 Å². The van der Waals surface area contributed by atoms with Crippen molar-refractivity contribution in [3.8, 4) is 0 Å². The lowest BCUT2D eigenvalue weighted by molar-refractivity contribution is 0.367. The van der Waals surface area contributed by atoms with Gasteiger partial charge in [0.05, 0.1) is 11.0 Å². The predicted octanol–water partition coefficient (Wildman–Crippen LogP) is 4.27. The lowest BCUT2D eigenvalue weighted by Crippen LogP contribution is -2.13. The van der Waals surface area contributed by atoms with Crippen molar-refractivity contribution in [2.75, 3.05) is 0 Å². The number of H-pyrrole nitrogens is 1. The van der Waals surface area contributed by atoms with E-state index in [9.17, 15) is 8.78 Å². The minimum absolute atomic E-state index is 0.406. The van der Waals surface area contributed by atoms with E-state index in [2.05, 4.69) is 25.8 Å². The summed E-state index contributed by atoms with van der Waals surface area (Å²) < 4.78 is 28.8. The number of hydrogen-bond donors (Lipinski definition) is 1. The van der Waals surface area contributed by atoms with Crippen LogP contribution in [0.3, 0.4) is 0 Å². The van der Waals surface area contributed by atoms with Gasteiger partial charge in [-0.15, -0.1) is 0 Å². The molecule has 5 heteroatoms. The molecule has 0 aliphatic rings. The third kappa shape index (κ3) is 2.32. The summed E-state index contributed by atoms with van der Waals surface area (Å²) in [5, 5.41) is 0. The Labute approximate surface area is 110 Å². The molecule has 1 N–H and O–H groups in total. The van der Waals surface area contributed by atoms with Crippen molar-refractivity contribution in [1.82, 2.24) is 9.55 Å². The minimum Gasteiger partial charge on any atom is -0.330 e. The van der Waals surface area contributed by atoms with E-state index in [1.54, 1.807) is 0 Å². The first kappa shape index (κ1) is 13.2. The highest BCUT2D eigenvalue weighted by Crippen LogP contribution is 2.21. The van der Waals surface area contributed by atoms with E-state index in [4.69, 9.17) is 12.2 Å². The van der Waals surface area contributed by atoms with E-state index in [1.165, 1.54) is 6.07 Å². The zero-order chi connectivity index (χ0) is 13.4. The summed E-state index contributed by atoms with van der Waals surface area (Å²) in [6.07, 6.45) is 0. The van der Waals surface area contributed by atoms with E-state index < -0.39 is 11.6 Å². The Morgan fingerprint density at radius 1 is 1.22 bits per heavy atom. The molecule has 98 valence electrons. The maximum absolute atomic E-state index is 13.3. The fraction of sp³-hybridized carbons (Fsp3) is 0.462. The molecule has 0 bridgehead atoms. The third-order valence-corrected chi connectivity index (χ3v) is 3.75. The molecule has 0 saturated heterocycles. The largest absolute Gasteiger partial charge is 0.330 e. The van der Waals surface area contributed by atoms with E-state index in [-0.39, 0.29) is 0 Å². The molecule has 2 nitrogen and oxygen atoms in total. The highest BCUT2D eigenvalue weighted by Gasteiger charge is 2.13. The number of halogens is 2. The lowest BCUT2D eigenvalue weighted by Gasteiger charge is -2.16.